The first kappa shape index (κ1) is 16.0. The lowest BCUT2D eigenvalue weighted by atomic mass is 10.1. The summed E-state index contributed by atoms with van der Waals surface area (Å²) in [6, 6.07) is 12.8. The molecule has 0 aliphatic heterocycles. The topological polar surface area (TPSA) is 92.4 Å². The Morgan fingerprint density at radius 2 is 1.68 bits per heavy atom. The molecule has 6 heteroatoms. The standard InChI is InChI=1S/C16H15ClN2O3/c17-12-5-1-10(2-6-12)14(20)9-15(21)19-13-7-3-11(4-8-13)16(18)22/h1-8,14,20H,9H2,(H2,18,22)(H,19,21). The van der Waals surface area contributed by atoms with E-state index in [1.807, 2.05) is 0 Å². The minimum atomic E-state index is -0.915. The molecule has 2 rings (SSSR count). The molecule has 0 bridgehead atoms. The number of amides is 2. The van der Waals surface area contributed by atoms with E-state index in [-0.39, 0.29) is 12.3 Å². The van der Waals surface area contributed by atoms with E-state index in [9.17, 15) is 14.7 Å². The number of primary amides is 1. The number of hydrogen-bond donors (Lipinski definition) is 3. The van der Waals surface area contributed by atoms with Gasteiger partial charge in [-0.15, -0.1) is 0 Å². The molecule has 22 heavy (non-hydrogen) atoms. The first-order valence-electron chi connectivity index (χ1n) is 6.59. The van der Waals surface area contributed by atoms with Crippen molar-refractivity contribution in [2.24, 2.45) is 5.73 Å². The van der Waals surface area contributed by atoms with E-state index < -0.39 is 12.0 Å². The van der Waals surface area contributed by atoms with Gasteiger partial charge < -0.3 is 16.2 Å². The second-order valence-electron chi connectivity index (χ2n) is 4.76. The Hall–Kier alpha value is -2.37. The van der Waals surface area contributed by atoms with Crippen molar-refractivity contribution in [2.75, 3.05) is 5.32 Å². The minimum absolute atomic E-state index is 0.0841. The molecule has 0 aliphatic rings. The molecule has 2 amide bonds. The maximum Gasteiger partial charge on any atom is 0.248 e. The summed E-state index contributed by atoms with van der Waals surface area (Å²) in [5, 5.41) is 13.2. The quantitative estimate of drug-likeness (QED) is 0.790. The molecule has 2 aromatic carbocycles. The number of aliphatic hydroxyl groups excluding tert-OH is 1. The molecule has 2 aromatic rings. The van der Waals surface area contributed by atoms with Gasteiger partial charge in [-0.3, -0.25) is 9.59 Å². The highest BCUT2D eigenvalue weighted by Gasteiger charge is 2.13. The maximum atomic E-state index is 11.9. The van der Waals surface area contributed by atoms with Crippen LogP contribution in [0, 0.1) is 0 Å². The summed E-state index contributed by atoms with van der Waals surface area (Å²) in [7, 11) is 0. The molecule has 0 aliphatic carbocycles. The molecule has 4 N–H and O–H groups in total. The fraction of sp³-hybridized carbons (Fsp3) is 0.125. The molecular formula is C16H15ClN2O3. The normalized spacial score (nSPS) is 11.7. The summed E-state index contributed by atoms with van der Waals surface area (Å²) in [5.41, 5.74) is 6.64. The average Bonchev–Trinajstić information content (AvgIpc) is 2.48. The van der Waals surface area contributed by atoms with E-state index in [1.54, 1.807) is 36.4 Å². The molecule has 114 valence electrons. The number of hydrogen-bond acceptors (Lipinski definition) is 3. The van der Waals surface area contributed by atoms with Gasteiger partial charge in [0.05, 0.1) is 12.5 Å². The Balaban J connectivity index is 1.94. The molecule has 1 unspecified atom stereocenters. The second kappa shape index (κ2) is 7.06. The second-order valence-corrected chi connectivity index (χ2v) is 5.20. The SMILES string of the molecule is NC(=O)c1ccc(NC(=O)CC(O)c2ccc(Cl)cc2)cc1. The van der Waals surface area contributed by atoms with Crippen LogP contribution >= 0.6 is 11.6 Å². The lowest BCUT2D eigenvalue weighted by Gasteiger charge is -2.11. The average molecular weight is 319 g/mol. The zero-order valence-corrected chi connectivity index (χ0v) is 12.4. The van der Waals surface area contributed by atoms with Gasteiger partial charge in [0.1, 0.15) is 0 Å². The van der Waals surface area contributed by atoms with Crippen molar-refractivity contribution in [3.63, 3.8) is 0 Å². The van der Waals surface area contributed by atoms with Crippen LogP contribution in [0.2, 0.25) is 5.02 Å². The highest BCUT2D eigenvalue weighted by Crippen LogP contribution is 2.20. The number of benzene rings is 2. The van der Waals surface area contributed by atoms with E-state index in [0.29, 0.717) is 21.8 Å². The third-order valence-corrected chi connectivity index (χ3v) is 3.34. The molecule has 0 saturated heterocycles. The Labute approximate surface area is 132 Å². The zero-order chi connectivity index (χ0) is 16.1. The van der Waals surface area contributed by atoms with E-state index in [2.05, 4.69) is 5.32 Å². The lowest BCUT2D eigenvalue weighted by molar-refractivity contribution is -0.118. The molecule has 0 fully saturated rings. The number of carbonyl (C=O) groups excluding carboxylic acids is 2. The van der Waals surface area contributed by atoms with Gasteiger partial charge in [0.25, 0.3) is 0 Å². The van der Waals surface area contributed by atoms with Gasteiger partial charge in [-0.25, -0.2) is 0 Å². The van der Waals surface area contributed by atoms with Crippen LogP contribution in [0.4, 0.5) is 5.69 Å². The predicted octanol–water partition coefficient (Wildman–Crippen LogP) is 2.50. The van der Waals surface area contributed by atoms with Crippen LogP contribution < -0.4 is 11.1 Å². The van der Waals surface area contributed by atoms with Crippen LogP contribution in [0.15, 0.2) is 48.5 Å². The third-order valence-electron chi connectivity index (χ3n) is 3.09. The van der Waals surface area contributed by atoms with Crippen molar-refractivity contribution < 1.29 is 14.7 Å². The molecule has 5 nitrogen and oxygen atoms in total. The highest BCUT2D eigenvalue weighted by molar-refractivity contribution is 6.30. The summed E-state index contributed by atoms with van der Waals surface area (Å²) in [6.45, 7) is 0. The van der Waals surface area contributed by atoms with Gasteiger partial charge in [-0.1, -0.05) is 23.7 Å². The van der Waals surface area contributed by atoms with Crippen LogP contribution in [-0.4, -0.2) is 16.9 Å². The Bertz CT molecular complexity index is 669. The predicted molar refractivity (Wildman–Crippen MR) is 84.6 cm³/mol. The van der Waals surface area contributed by atoms with Crippen molar-refractivity contribution in [2.45, 2.75) is 12.5 Å². The number of aliphatic hydroxyl groups is 1. The Kier molecular flexibility index (Phi) is 5.14. The van der Waals surface area contributed by atoms with E-state index in [0.717, 1.165) is 0 Å². The van der Waals surface area contributed by atoms with Crippen molar-refractivity contribution in [3.8, 4) is 0 Å². The van der Waals surface area contributed by atoms with Gasteiger partial charge >= 0.3 is 0 Å². The molecule has 0 saturated carbocycles. The van der Waals surface area contributed by atoms with Crippen LogP contribution in [-0.2, 0) is 4.79 Å². The van der Waals surface area contributed by atoms with E-state index in [1.165, 1.54) is 12.1 Å². The third kappa shape index (κ3) is 4.31. The van der Waals surface area contributed by atoms with Gasteiger partial charge in [0, 0.05) is 16.3 Å². The van der Waals surface area contributed by atoms with E-state index in [4.69, 9.17) is 17.3 Å². The van der Waals surface area contributed by atoms with Gasteiger partial charge in [-0.2, -0.15) is 0 Å². The molecular weight excluding hydrogens is 304 g/mol. The fourth-order valence-corrected chi connectivity index (χ4v) is 2.03. The zero-order valence-electron chi connectivity index (χ0n) is 11.6. The largest absolute Gasteiger partial charge is 0.388 e. The summed E-state index contributed by atoms with van der Waals surface area (Å²) < 4.78 is 0. The van der Waals surface area contributed by atoms with Gasteiger partial charge in [0.15, 0.2) is 0 Å². The molecule has 0 radical (unpaired) electrons. The minimum Gasteiger partial charge on any atom is -0.388 e. The monoisotopic (exact) mass is 318 g/mol. The first-order valence-corrected chi connectivity index (χ1v) is 6.97. The summed E-state index contributed by atoms with van der Waals surface area (Å²) in [5.74, 6) is -0.870. The van der Waals surface area contributed by atoms with Crippen molar-refractivity contribution >= 4 is 29.1 Å². The lowest BCUT2D eigenvalue weighted by Crippen LogP contribution is -2.16. The number of rotatable bonds is 5. The summed E-state index contributed by atoms with van der Waals surface area (Å²) in [4.78, 5) is 22.8. The summed E-state index contributed by atoms with van der Waals surface area (Å²) >= 11 is 5.77. The first-order chi connectivity index (χ1) is 10.5. The Morgan fingerprint density at radius 1 is 1.09 bits per heavy atom. The number of halogens is 1. The van der Waals surface area contributed by atoms with Crippen molar-refractivity contribution in [1.82, 2.24) is 0 Å². The van der Waals surface area contributed by atoms with Crippen LogP contribution in [0.3, 0.4) is 0 Å². The van der Waals surface area contributed by atoms with Crippen LogP contribution in [0.5, 0.6) is 0 Å². The van der Waals surface area contributed by atoms with Crippen LogP contribution in [0.25, 0.3) is 0 Å². The van der Waals surface area contributed by atoms with Crippen molar-refractivity contribution in [1.29, 1.82) is 0 Å². The van der Waals surface area contributed by atoms with E-state index >= 15 is 0 Å². The number of nitrogens with one attached hydrogen (secondary N) is 1. The number of carbonyl (C=O) groups is 2. The molecule has 1 atom stereocenters. The number of anilines is 1. The highest BCUT2D eigenvalue weighted by atomic mass is 35.5. The maximum absolute atomic E-state index is 11.9. The molecule has 0 spiro atoms. The van der Waals surface area contributed by atoms with Gasteiger partial charge in [-0.05, 0) is 42.0 Å². The molecule has 0 heterocycles. The molecule has 0 aromatic heterocycles. The smallest absolute Gasteiger partial charge is 0.248 e. The Morgan fingerprint density at radius 3 is 2.23 bits per heavy atom. The number of nitrogens with two attached hydrogens (primary N) is 1. The van der Waals surface area contributed by atoms with Crippen molar-refractivity contribution in [3.05, 3.63) is 64.7 Å². The van der Waals surface area contributed by atoms with Crippen LogP contribution in [0.1, 0.15) is 28.4 Å². The fourth-order valence-electron chi connectivity index (χ4n) is 1.91. The van der Waals surface area contributed by atoms with Gasteiger partial charge in [0.2, 0.25) is 11.8 Å². The summed E-state index contributed by atoms with van der Waals surface area (Å²) in [6.07, 6.45) is -0.999.